The fourth-order valence-corrected chi connectivity index (χ4v) is 4.22. The molecule has 0 aliphatic heterocycles. The van der Waals surface area contributed by atoms with E-state index in [0.717, 1.165) is 33.3 Å². The van der Waals surface area contributed by atoms with E-state index >= 15 is 0 Å². The predicted molar refractivity (Wildman–Crippen MR) is 128 cm³/mol. The molecule has 0 radical (unpaired) electrons. The van der Waals surface area contributed by atoms with Crippen LogP contribution in [0, 0.1) is 10.1 Å². The molecule has 1 aromatic heterocycles. The summed E-state index contributed by atoms with van der Waals surface area (Å²) in [4.78, 5) is 12.7. The standard InChI is InChI=1S/C24H22N4O4S/c1-31-21-13-10-19(22(14-21)32-2)16-27(15-17-6-4-3-5-7-17)24-26-25-23(33-24)18-8-11-20(12-9-18)28(29)30/h3-14H,15-16H2,1-2H3. The molecule has 0 N–H and O–H groups in total. The van der Waals surface area contributed by atoms with E-state index < -0.39 is 4.92 Å². The second-order valence-electron chi connectivity index (χ2n) is 7.21. The molecule has 33 heavy (non-hydrogen) atoms. The van der Waals surface area contributed by atoms with Crippen LogP contribution in [0.4, 0.5) is 10.8 Å². The molecule has 0 saturated carbocycles. The first kappa shape index (κ1) is 22.2. The van der Waals surface area contributed by atoms with Crippen LogP contribution in [0.2, 0.25) is 0 Å². The highest BCUT2D eigenvalue weighted by atomic mass is 32.1. The van der Waals surface area contributed by atoms with Gasteiger partial charge in [-0.2, -0.15) is 0 Å². The number of anilines is 1. The van der Waals surface area contributed by atoms with Crippen LogP contribution in [0.1, 0.15) is 11.1 Å². The van der Waals surface area contributed by atoms with Gasteiger partial charge in [0.1, 0.15) is 16.5 Å². The molecule has 0 saturated heterocycles. The van der Waals surface area contributed by atoms with Crippen molar-refractivity contribution in [2.45, 2.75) is 13.1 Å². The van der Waals surface area contributed by atoms with E-state index in [1.165, 1.54) is 23.5 Å². The van der Waals surface area contributed by atoms with Crippen LogP contribution in [0.15, 0.2) is 72.8 Å². The number of methoxy groups -OCH3 is 2. The quantitative estimate of drug-likeness (QED) is 0.245. The zero-order valence-electron chi connectivity index (χ0n) is 18.2. The zero-order valence-corrected chi connectivity index (χ0v) is 19.0. The third-order valence-electron chi connectivity index (χ3n) is 5.08. The first-order chi connectivity index (χ1) is 16.1. The molecule has 0 bridgehead atoms. The van der Waals surface area contributed by atoms with Gasteiger partial charge < -0.3 is 14.4 Å². The van der Waals surface area contributed by atoms with Crippen molar-refractivity contribution in [2.24, 2.45) is 0 Å². The van der Waals surface area contributed by atoms with Crippen molar-refractivity contribution in [3.63, 3.8) is 0 Å². The fourth-order valence-electron chi connectivity index (χ4n) is 3.37. The van der Waals surface area contributed by atoms with E-state index in [1.807, 2.05) is 36.4 Å². The average molecular weight is 463 g/mol. The molecule has 168 valence electrons. The molecular weight excluding hydrogens is 440 g/mol. The van der Waals surface area contributed by atoms with Crippen LogP contribution in [0.5, 0.6) is 11.5 Å². The number of benzene rings is 3. The number of hydrogen-bond donors (Lipinski definition) is 0. The molecular formula is C24H22N4O4S. The fraction of sp³-hybridized carbons (Fsp3) is 0.167. The van der Waals surface area contributed by atoms with Gasteiger partial charge in [0.15, 0.2) is 0 Å². The van der Waals surface area contributed by atoms with Gasteiger partial charge in [0.05, 0.1) is 19.1 Å². The number of aromatic nitrogens is 2. The van der Waals surface area contributed by atoms with Crippen molar-refractivity contribution in [3.8, 4) is 22.1 Å². The number of hydrogen-bond acceptors (Lipinski definition) is 8. The number of rotatable bonds is 9. The summed E-state index contributed by atoms with van der Waals surface area (Å²) in [6.07, 6.45) is 0. The van der Waals surface area contributed by atoms with Gasteiger partial charge in [-0.3, -0.25) is 10.1 Å². The summed E-state index contributed by atoms with van der Waals surface area (Å²) in [7, 11) is 3.26. The summed E-state index contributed by atoms with van der Waals surface area (Å²) in [5.74, 6) is 1.45. The van der Waals surface area contributed by atoms with Gasteiger partial charge >= 0.3 is 0 Å². The minimum Gasteiger partial charge on any atom is -0.497 e. The van der Waals surface area contributed by atoms with E-state index in [2.05, 4.69) is 27.2 Å². The van der Waals surface area contributed by atoms with E-state index in [-0.39, 0.29) is 5.69 Å². The molecule has 9 heteroatoms. The molecule has 0 atom stereocenters. The summed E-state index contributed by atoms with van der Waals surface area (Å²) in [5, 5.41) is 21.1. The number of ether oxygens (including phenoxy) is 2. The maximum Gasteiger partial charge on any atom is 0.269 e. The largest absolute Gasteiger partial charge is 0.497 e. The molecule has 4 aromatic rings. The SMILES string of the molecule is COc1ccc(CN(Cc2ccccc2)c2nnc(-c3ccc([N+](=O)[O-])cc3)s2)c(OC)c1. The Hall–Kier alpha value is -3.98. The Kier molecular flexibility index (Phi) is 6.80. The second kappa shape index (κ2) is 10.1. The van der Waals surface area contributed by atoms with E-state index in [4.69, 9.17) is 9.47 Å². The van der Waals surface area contributed by atoms with Crippen molar-refractivity contribution in [1.82, 2.24) is 10.2 Å². The van der Waals surface area contributed by atoms with Gasteiger partial charge in [0.25, 0.3) is 5.69 Å². The Balaban J connectivity index is 1.65. The maximum atomic E-state index is 10.9. The second-order valence-corrected chi connectivity index (χ2v) is 8.17. The lowest BCUT2D eigenvalue weighted by Crippen LogP contribution is -2.22. The van der Waals surface area contributed by atoms with Crippen molar-refractivity contribution in [1.29, 1.82) is 0 Å². The van der Waals surface area contributed by atoms with Crippen LogP contribution < -0.4 is 14.4 Å². The van der Waals surface area contributed by atoms with Crippen molar-refractivity contribution < 1.29 is 14.4 Å². The van der Waals surface area contributed by atoms with Gasteiger partial charge in [-0.1, -0.05) is 41.7 Å². The molecule has 0 spiro atoms. The normalized spacial score (nSPS) is 10.6. The molecule has 0 aliphatic carbocycles. The van der Waals surface area contributed by atoms with Crippen LogP contribution in [-0.4, -0.2) is 29.3 Å². The Morgan fingerprint density at radius 1 is 0.939 bits per heavy atom. The smallest absolute Gasteiger partial charge is 0.269 e. The van der Waals surface area contributed by atoms with E-state index in [9.17, 15) is 10.1 Å². The van der Waals surface area contributed by atoms with Gasteiger partial charge in [0.2, 0.25) is 5.13 Å². The lowest BCUT2D eigenvalue weighted by Gasteiger charge is -2.23. The van der Waals surface area contributed by atoms with Gasteiger partial charge in [-0.15, -0.1) is 10.2 Å². The van der Waals surface area contributed by atoms with Crippen LogP contribution in [-0.2, 0) is 13.1 Å². The van der Waals surface area contributed by atoms with Crippen LogP contribution in [0.3, 0.4) is 0 Å². The maximum absolute atomic E-state index is 10.9. The van der Waals surface area contributed by atoms with Crippen molar-refractivity contribution >= 4 is 22.2 Å². The molecule has 3 aromatic carbocycles. The summed E-state index contributed by atoms with van der Waals surface area (Å²) >= 11 is 1.44. The van der Waals surface area contributed by atoms with E-state index in [1.54, 1.807) is 26.4 Å². The Morgan fingerprint density at radius 2 is 1.70 bits per heavy atom. The highest BCUT2D eigenvalue weighted by Crippen LogP contribution is 2.33. The van der Waals surface area contributed by atoms with Crippen molar-refractivity contribution in [3.05, 3.63) is 94.0 Å². The number of nitrogens with zero attached hydrogens (tertiary/aromatic N) is 4. The lowest BCUT2D eigenvalue weighted by atomic mass is 10.1. The van der Waals surface area contributed by atoms with E-state index in [0.29, 0.717) is 18.1 Å². The van der Waals surface area contributed by atoms with Crippen LogP contribution in [0.25, 0.3) is 10.6 Å². The van der Waals surface area contributed by atoms with Gasteiger partial charge in [0, 0.05) is 42.4 Å². The first-order valence-electron chi connectivity index (χ1n) is 10.2. The van der Waals surface area contributed by atoms with Crippen LogP contribution >= 0.6 is 11.3 Å². The third-order valence-corrected chi connectivity index (χ3v) is 6.11. The van der Waals surface area contributed by atoms with Gasteiger partial charge in [-0.05, 0) is 29.8 Å². The topological polar surface area (TPSA) is 90.6 Å². The summed E-state index contributed by atoms with van der Waals surface area (Å²) in [6, 6.07) is 22.2. The molecule has 8 nitrogen and oxygen atoms in total. The average Bonchev–Trinajstić information content (AvgIpc) is 3.35. The summed E-state index contributed by atoms with van der Waals surface area (Å²) in [6.45, 7) is 1.18. The Morgan fingerprint density at radius 3 is 2.36 bits per heavy atom. The molecule has 0 aliphatic rings. The molecule has 0 amide bonds. The highest BCUT2D eigenvalue weighted by molar-refractivity contribution is 7.18. The number of non-ortho nitro benzene ring substituents is 1. The summed E-state index contributed by atoms with van der Waals surface area (Å²) < 4.78 is 10.9. The van der Waals surface area contributed by atoms with Gasteiger partial charge in [-0.25, -0.2) is 0 Å². The molecule has 4 rings (SSSR count). The molecule has 0 unspecified atom stereocenters. The number of nitro benzene ring substituents is 1. The first-order valence-corrected chi connectivity index (χ1v) is 11.0. The minimum atomic E-state index is -0.418. The zero-order chi connectivity index (χ0) is 23.2. The summed E-state index contributed by atoms with van der Waals surface area (Å²) in [5.41, 5.74) is 2.95. The third kappa shape index (κ3) is 5.27. The molecule has 1 heterocycles. The monoisotopic (exact) mass is 462 g/mol. The molecule has 0 fully saturated rings. The Bertz CT molecular complexity index is 1230. The highest BCUT2D eigenvalue weighted by Gasteiger charge is 2.18. The minimum absolute atomic E-state index is 0.0424. The number of nitro groups is 1. The predicted octanol–water partition coefficient (Wildman–Crippen LogP) is 5.34. The van der Waals surface area contributed by atoms with Crippen molar-refractivity contribution in [2.75, 3.05) is 19.1 Å². The lowest BCUT2D eigenvalue weighted by molar-refractivity contribution is -0.384. The Labute approximate surface area is 195 Å².